The van der Waals surface area contributed by atoms with Gasteiger partial charge in [-0.1, -0.05) is 22.0 Å². The number of carbonyl (C=O) groups excluding carboxylic acids is 1. The number of nitrogens with two attached hydrogens (primary N) is 2. The van der Waals surface area contributed by atoms with Gasteiger partial charge in [0, 0.05) is 16.6 Å². The van der Waals surface area contributed by atoms with E-state index in [0.717, 1.165) is 15.7 Å². The third-order valence-corrected chi connectivity index (χ3v) is 2.60. The zero-order chi connectivity index (χ0) is 12.8. The van der Waals surface area contributed by atoms with E-state index in [-0.39, 0.29) is 18.3 Å². The quantitative estimate of drug-likeness (QED) is 0.579. The molecule has 5 N–H and O–H groups in total. The van der Waals surface area contributed by atoms with Crippen molar-refractivity contribution in [2.45, 2.75) is 13.3 Å². The van der Waals surface area contributed by atoms with E-state index in [1.165, 1.54) is 0 Å². The van der Waals surface area contributed by atoms with Crippen molar-refractivity contribution >= 4 is 33.5 Å². The Balaban J connectivity index is 2.56. The molecule has 1 aromatic rings. The van der Waals surface area contributed by atoms with E-state index in [9.17, 15) is 4.79 Å². The van der Waals surface area contributed by atoms with Crippen LogP contribution in [0.25, 0.3) is 0 Å². The Hall–Kier alpha value is -1.56. The van der Waals surface area contributed by atoms with E-state index >= 15 is 0 Å². The Labute approximate surface area is 108 Å². The van der Waals surface area contributed by atoms with Gasteiger partial charge in [0.05, 0.1) is 6.54 Å². The number of carbonyl (C=O) groups is 1. The summed E-state index contributed by atoms with van der Waals surface area (Å²) in [5.41, 5.74) is 12.1. The summed E-state index contributed by atoms with van der Waals surface area (Å²) >= 11 is 3.35. The number of aliphatic imine (C=N–C) groups is 1. The van der Waals surface area contributed by atoms with E-state index in [1.54, 1.807) is 0 Å². The molecule has 0 aliphatic rings. The second-order valence-corrected chi connectivity index (χ2v) is 4.48. The molecular formula is C11H15BrN4O. The SMILES string of the molecule is Cc1ccc(Br)cc1NC(=O)CCN=C(N)N. The standard InChI is InChI=1S/C11H15BrN4O/c1-7-2-3-8(12)6-9(7)16-10(17)4-5-15-11(13)14/h2-3,6H,4-5H2,1H3,(H,16,17)(H4,13,14,15). The van der Waals surface area contributed by atoms with E-state index < -0.39 is 0 Å². The van der Waals surface area contributed by atoms with Gasteiger partial charge in [0.25, 0.3) is 0 Å². The first-order chi connectivity index (χ1) is 7.99. The van der Waals surface area contributed by atoms with Crippen molar-refractivity contribution in [1.82, 2.24) is 0 Å². The highest BCUT2D eigenvalue weighted by Crippen LogP contribution is 2.20. The van der Waals surface area contributed by atoms with Crippen LogP contribution in [0.5, 0.6) is 0 Å². The Morgan fingerprint density at radius 1 is 1.47 bits per heavy atom. The number of anilines is 1. The zero-order valence-corrected chi connectivity index (χ0v) is 11.1. The van der Waals surface area contributed by atoms with Crippen molar-refractivity contribution in [3.05, 3.63) is 28.2 Å². The fraction of sp³-hybridized carbons (Fsp3) is 0.273. The third kappa shape index (κ3) is 4.86. The van der Waals surface area contributed by atoms with Gasteiger partial charge in [-0.2, -0.15) is 0 Å². The van der Waals surface area contributed by atoms with Crippen molar-refractivity contribution in [2.24, 2.45) is 16.5 Å². The third-order valence-electron chi connectivity index (χ3n) is 2.11. The molecule has 0 saturated carbocycles. The highest BCUT2D eigenvalue weighted by Gasteiger charge is 2.04. The summed E-state index contributed by atoms with van der Waals surface area (Å²) in [6.45, 7) is 2.22. The van der Waals surface area contributed by atoms with Crippen LogP contribution in [0.3, 0.4) is 0 Å². The Kier molecular flexibility index (Phi) is 4.96. The first-order valence-corrected chi connectivity index (χ1v) is 5.89. The van der Waals surface area contributed by atoms with E-state index in [0.29, 0.717) is 6.54 Å². The molecule has 0 bridgehead atoms. The molecular weight excluding hydrogens is 284 g/mol. The van der Waals surface area contributed by atoms with Crippen molar-refractivity contribution in [3.8, 4) is 0 Å². The van der Waals surface area contributed by atoms with Crippen LogP contribution >= 0.6 is 15.9 Å². The van der Waals surface area contributed by atoms with Crippen LogP contribution in [0, 0.1) is 6.92 Å². The minimum atomic E-state index is -0.115. The average Bonchev–Trinajstić information content (AvgIpc) is 2.23. The van der Waals surface area contributed by atoms with Gasteiger partial charge < -0.3 is 16.8 Å². The van der Waals surface area contributed by atoms with Gasteiger partial charge in [-0.15, -0.1) is 0 Å². The van der Waals surface area contributed by atoms with Crippen molar-refractivity contribution in [2.75, 3.05) is 11.9 Å². The van der Waals surface area contributed by atoms with Gasteiger partial charge in [0.15, 0.2) is 5.96 Å². The van der Waals surface area contributed by atoms with Crippen LogP contribution in [0.15, 0.2) is 27.7 Å². The summed E-state index contributed by atoms with van der Waals surface area (Å²) in [7, 11) is 0. The van der Waals surface area contributed by atoms with Gasteiger partial charge in [-0.05, 0) is 24.6 Å². The molecule has 0 heterocycles. The van der Waals surface area contributed by atoms with Gasteiger partial charge >= 0.3 is 0 Å². The van der Waals surface area contributed by atoms with Gasteiger partial charge in [0.1, 0.15) is 0 Å². The smallest absolute Gasteiger partial charge is 0.226 e. The predicted octanol–water partition coefficient (Wildman–Crippen LogP) is 1.36. The van der Waals surface area contributed by atoms with Crippen LogP contribution in [0.2, 0.25) is 0 Å². The number of halogens is 1. The summed E-state index contributed by atoms with van der Waals surface area (Å²) < 4.78 is 0.919. The van der Waals surface area contributed by atoms with Crippen molar-refractivity contribution in [3.63, 3.8) is 0 Å². The fourth-order valence-corrected chi connectivity index (χ4v) is 1.59. The molecule has 1 aromatic carbocycles. The Bertz CT molecular complexity index is 441. The second kappa shape index (κ2) is 6.24. The van der Waals surface area contributed by atoms with Crippen LogP contribution in [-0.4, -0.2) is 18.4 Å². The molecule has 1 amide bonds. The molecule has 1 rings (SSSR count). The number of nitrogens with zero attached hydrogens (tertiary/aromatic N) is 1. The lowest BCUT2D eigenvalue weighted by molar-refractivity contribution is -0.116. The maximum atomic E-state index is 11.6. The van der Waals surface area contributed by atoms with Crippen LogP contribution in [0.4, 0.5) is 5.69 Å². The second-order valence-electron chi connectivity index (χ2n) is 3.56. The number of benzene rings is 1. The summed E-state index contributed by atoms with van der Waals surface area (Å²) in [4.78, 5) is 15.3. The lowest BCUT2D eigenvalue weighted by Gasteiger charge is -2.08. The highest BCUT2D eigenvalue weighted by molar-refractivity contribution is 9.10. The summed E-state index contributed by atoms with van der Waals surface area (Å²) in [6, 6.07) is 5.70. The van der Waals surface area contributed by atoms with Gasteiger partial charge in [-0.3, -0.25) is 9.79 Å². The number of amides is 1. The molecule has 92 valence electrons. The normalized spacial score (nSPS) is 9.76. The number of rotatable bonds is 4. The van der Waals surface area contributed by atoms with Crippen molar-refractivity contribution < 1.29 is 4.79 Å². The maximum absolute atomic E-state index is 11.6. The van der Waals surface area contributed by atoms with Gasteiger partial charge in [0.2, 0.25) is 5.91 Å². The molecule has 17 heavy (non-hydrogen) atoms. The summed E-state index contributed by atoms with van der Waals surface area (Å²) in [5, 5.41) is 2.80. The molecule has 0 atom stereocenters. The first kappa shape index (κ1) is 13.5. The lowest BCUT2D eigenvalue weighted by atomic mass is 10.2. The lowest BCUT2D eigenvalue weighted by Crippen LogP contribution is -2.23. The first-order valence-electron chi connectivity index (χ1n) is 5.10. The molecule has 5 nitrogen and oxygen atoms in total. The molecule has 6 heteroatoms. The Morgan fingerprint density at radius 2 is 2.18 bits per heavy atom. The van der Waals surface area contributed by atoms with E-state index in [2.05, 4.69) is 26.2 Å². The molecule has 0 saturated heterocycles. The maximum Gasteiger partial charge on any atom is 0.226 e. The zero-order valence-electron chi connectivity index (χ0n) is 9.53. The number of guanidine groups is 1. The molecule has 0 radical (unpaired) electrons. The van der Waals surface area contributed by atoms with Crippen LogP contribution < -0.4 is 16.8 Å². The Morgan fingerprint density at radius 3 is 2.82 bits per heavy atom. The largest absolute Gasteiger partial charge is 0.370 e. The molecule has 0 aliphatic heterocycles. The highest BCUT2D eigenvalue weighted by atomic mass is 79.9. The topological polar surface area (TPSA) is 93.5 Å². The molecule has 0 aromatic heterocycles. The van der Waals surface area contributed by atoms with E-state index in [1.807, 2.05) is 25.1 Å². The average molecular weight is 299 g/mol. The molecule has 0 fully saturated rings. The van der Waals surface area contributed by atoms with Crippen LogP contribution in [0.1, 0.15) is 12.0 Å². The number of hydrogen-bond donors (Lipinski definition) is 3. The molecule has 0 spiro atoms. The predicted molar refractivity (Wildman–Crippen MR) is 72.8 cm³/mol. The minimum Gasteiger partial charge on any atom is -0.370 e. The van der Waals surface area contributed by atoms with Crippen LogP contribution in [-0.2, 0) is 4.79 Å². The summed E-state index contributed by atoms with van der Waals surface area (Å²) in [5.74, 6) is -0.118. The molecule has 0 aliphatic carbocycles. The van der Waals surface area contributed by atoms with Gasteiger partial charge in [-0.25, -0.2) is 0 Å². The minimum absolute atomic E-state index is 0.00330. The number of nitrogens with one attached hydrogen (secondary N) is 1. The number of hydrogen-bond acceptors (Lipinski definition) is 2. The van der Waals surface area contributed by atoms with Crippen molar-refractivity contribution in [1.29, 1.82) is 0 Å². The monoisotopic (exact) mass is 298 g/mol. The number of aryl methyl sites for hydroxylation is 1. The summed E-state index contributed by atoms with van der Waals surface area (Å²) in [6.07, 6.45) is 0.254. The molecule has 0 unspecified atom stereocenters. The fourth-order valence-electron chi connectivity index (χ4n) is 1.23. The van der Waals surface area contributed by atoms with E-state index in [4.69, 9.17) is 11.5 Å².